The molecule has 1 aromatic heterocycles. The van der Waals surface area contributed by atoms with Gasteiger partial charge < -0.3 is 14.4 Å². The van der Waals surface area contributed by atoms with Crippen molar-refractivity contribution in [1.82, 2.24) is 4.98 Å². The summed E-state index contributed by atoms with van der Waals surface area (Å²) in [6.07, 6.45) is 3.98. The van der Waals surface area contributed by atoms with Crippen LogP contribution in [0.5, 0.6) is 0 Å². The van der Waals surface area contributed by atoms with Crippen LogP contribution < -0.4 is 15.3 Å². The van der Waals surface area contributed by atoms with E-state index >= 15 is 0 Å². The number of carboxylic acid groups (broad SMARTS) is 1. The molecule has 0 bridgehead atoms. The van der Waals surface area contributed by atoms with Crippen molar-refractivity contribution in [2.24, 2.45) is 0 Å². The number of aromatic carboxylic acids is 1. The summed E-state index contributed by atoms with van der Waals surface area (Å²) >= 11 is 1.39. The monoisotopic (exact) mass is 438 g/mol. The lowest BCUT2D eigenvalue weighted by molar-refractivity contribution is 0.00138. The number of rotatable bonds is 9. The molecule has 0 aliphatic carbocycles. The number of benzene rings is 2. The van der Waals surface area contributed by atoms with Crippen LogP contribution in [-0.4, -0.2) is 37.4 Å². The zero-order chi connectivity index (χ0) is 21.0. The van der Waals surface area contributed by atoms with E-state index in [1.54, 1.807) is 5.38 Å². The lowest BCUT2D eigenvalue weighted by Gasteiger charge is -2.54. The zero-order valence-corrected chi connectivity index (χ0v) is 19.0. The molecule has 0 saturated carbocycles. The maximum absolute atomic E-state index is 11.3. The second-order valence-electron chi connectivity index (χ2n) is 7.59. The number of carbonyl (C=O) groups is 1. The van der Waals surface area contributed by atoms with Gasteiger partial charge in [-0.15, -0.1) is 11.3 Å². The van der Waals surface area contributed by atoms with Gasteiger partial charge in [0.15, 0.2) is 10.8 Å². The van der Waals surface area contributed by atoms with E-state index in [-0.39, 0.29) is 5.69 Å². The molecule has 1 saturated heterocycles. The number of hydrogen-bond donors (Lipinski definition) is 1. The minimum Gasteiger partial charge on any atom is -0.476 e. The van der Waals surface area contributed by atoms with E-state index in [0.29, 0.717) is 0 Å². The maximum atomic E-state index is 11.3. The summed E-state index contributed by atoms with van der Waals surface area (Å²) in [5.41, 5.74) is -0.321. The fourth-order valence-electron chi connectivity index (χ4n) is 3.93. The second kappa shape index (κ2) is 9.12. The molecular weight excluding hydrogens is 412 g/mol. The predicted molar refractivity (Wildman–Crippen MR) is 124 cm³/mol. The third-order valence-electron chi connectivity index (χ3n) is 5.62. The summed E-state index contributed by atoms with van der Waals surface area (Å²) in [4.78, 5) is 17.9. The van der Waals surface area contributed by atoms with Crippen LogP contribution in [0.4, 0.5) is 5.13 Å². The van der Waals surface area contributed by atoms with Gasteiger partial charge >= 0.3 is 5.97 Å². The highest BCUT2D eigenvalue weighted by Gasteiger charge is 2.48. The summed E-state index contributed by atoms with van der Waals surface area (Å²) in [5.74, 6) is -0.987. The summed E-state index contributed by atoms with van der Waals surface area (Å²) < 4.78 is 7.07. The Hall–Kier alpha value is -2.48. The van der Waals surface area contributed by atoms with Crippen molar-refractivity contribution in [2.45, 2.75) is 38.3 Å². The van der Waals surface area contributed by atoms with E-state index < -0.39 is 20.7 Å². The van der Waals surface area contributed by atoms with Crippen molar-refractivity contribution < 1.29 is 14.3 Å². The molecule has 1 N–H and O–H groups in total. The molecule has 3 aromatic rings. The van der Waals surface area contributed by atoms with Gasteiger partial charge in [-0.1, -0.05) is 74.0 Å². The topological polar surface area (TPSA) is 62.7 Å². The summed E-state index contributed by atoms with van der Waals surface area (Å²) in [7, 11) is -1.94. The van der Waals surface area contributed by atoms with Crippen LogP contribution in [-0.2, 0) is 4.43 Å². The van der Waals surface area contributed by atoms with Gasteiger partial charge in [-0.25, -0.2) is 9.78 Å². The predicted octanol–water partition coefficient (Wildman–Crippen LogP) is 3.49. The van der Waals surface area contributed by atoms with Gasteiger partial charge in [0.25, 0.3) is 0 Å². The lowest BCUT2D eigenvalue weighted by atomic mass is 9.93. The molecule has 1 aliphatic rings. The highest BCUT2D eigenvalue weighted by molar-refractivity contribution is 7.14. The number of nitrogens with zero attached hydrogens (tertiary/aromatic N) is 2. The third-order valence-corrected chi connectivity index (χ3v) is 9.14. The molecule has 1 aliphatic heterocycles. The number of anilines is 1. The SMILES string of the molecule is CCCCC1(O[SiH](c2ccccc2)c2ccccc2)CCN1c1nc(C(=O)O)cs1. The number of aromatic nitrogens is 1. The number of hydrogen-bond acceptors (Lipinski definition) is 5. The maximum Gasteiger partial charge on any atom is 0.355 e. The van der Waals surface area contributed by atoms with Crippen molar-refractivity contribution >= 4 is 41.9 Å². The van der Waals surface area contributed by atoms with Crippen LogP contribution in [0.25, 0.3) is 0 Å². The molecule has 5 nitrogen and oxygen atoms in total. The Morgan fingerprint density at radius 2 is 1.80 bits per heavy atom. The van der Waals surface area contributed by atoms with Crippen LogP contribution in [0.2, 0.25) is 0 Å². The molecule has 0 spiro atoms. The molecular formula is C23H26N2O3SSi. The molecule has 7 heteroatoms. The van der Waals surface area contributed by atoms with Crippen molar-refractivity contribution in [3.05, 3.63) is 71.7 Å². The Kier molecular flexibility index (Phi) is 6.31. The first kappa shape index (κ1) is 20.8. The number of thiazole rings is 1. The van der Waals surface area contributed by atoms with E-state index in [0.717, 1.165) is 37.4 Å². The quantitative estimate of drug-likeness (QED) is 0.518. The van der Waals surface area contributed by atoms with Crippen molar-refractivity contribution in [3.63, 3.8) is 0 Å². The summed E-state index contributed by atoms with van der Waals surface area (Å²) in [6, 6.07) is 21.0. The molecule has 2 heterocycles. The first-order valence-corrected chi connectivity index (χ1v) is 12.9. The Morgan fingerprint density at radius 1 is 1.17 bits per heavy atom. The highest BCUT2D eigenvalue weighted by Crippen LogP contribution is 2.42. The standard InChI is InChI=1S/C23H26N2O3SSi/c1-2-3-14-23(15-16-25(23)22-24-20(17-29-22)21(26)27)28-30(18-10-6-4-7-11-18)19-12-8-5-9-13-19/h4-13,17,30H,2-3,14-16H2,1H3,(H,26,27). The molecule has 1 atom stereocenters. The van der Waals surface area contributed by atoms with E-state index in [2.05, 4.69) is 65.3 Å². The fourth-order valence-corrected chi connectivity index (χ4v) is 7.44. The van der Waals surface area contributed by atoms with Crippen LogP contribution in [0.3, 0.4) is 0 Å². The normalized spacial score (nSPS) is 18.4. The minimum atomic E-state index is -1.94. The smallest absolute Gasteiger partial charge is 0.355 e. The van der Waals surface area contributed by atoms with E-state index in [1.807, 2.05) is 12.1 Å². The molecule has 30 heavy (non-hydrogen) atoms. The van der Waals surface area contributed by atoms with Crippen LogP contribution in [0.1, 0.15) is 43.1 Å². The molecule has 156 valence electrons. The molecule has 2 aromatic carbocycles. The second-order valence-corrected chi connectivity index (χ2v) is 10.8. The van der Waals surface area contributed by atoms with Crippen molar-refractivity contribution in [2.75, 3.05) is 11.4 Å². The van der Waals surface area contributed by atoms with E-state index in [4.69, 9.17) is 4.43 Å². The van der Waals surface area contributed by atoms with Crippen LogP contribution in [0.15, 0.2) is 66.0 Å². The average molecular weight is 439 g/mol. The Bertz CT molecular complexity index is 943. The van der Waals surface area contributed by atoms with Gasteiger partial charge in [0, 0.05) is 18.3 Å². The average Bonchev–Trinajstić information content (AvgIpc) is 3.24. The molecule has 1 fully saturated rings. The van der Waals surface area contributed by atoms with E-state index in [1.165, 1.54) is 21.7 Å². The van der Waals surface area contributed by atoms with Gasteiger partial charge in [0.1, 0.15) is 5.72 Å². The minimum absolute atomic E-state index is 0.103. The molecule has 4 rings (SSSR count). The van der Waals surface area contributed by atoms with Crippen LogP contribution >= 0.6 is 11.3 Å². The largest absolute Gasteiger partial charge is 0.476 e. The van der Waals surface area contributed by atoms with Gasteiger partial charge in [0.05, 0.1) is 0 Å². The number of carboxylic acids is 1. The first-order chi connectivity index (χ1) is 14.6. The first-order valence-electron chi connectivity index (χ1n) is 10.4. The van der Waals surface area contributed by atoms with Gasteiger partial charge in [-0.05, 0) is 23.2 Å². The zero-order valence-electron chi connectivity index (χ0n) is 17.0. The Balaban J connectivity index is 1.69. The molecule has 0 amide bonds. The molecule has 1 unspecified atom stereocenters. The van der Waals surface area contributed by atoms with Crippen LogP contribution in [0, 0.1) is 0 Å². The molecule has 0 radical (unpaired) electrons. The van der Waals surface area contributed by atoms with Gasteiger partial charge in [0.2, 0.25) is 9.04 Å². The van der Waals surface area contributed by atoms with Gasteiger partial charge in [-0.3, -0.25) is 0 Å². The van der Waals surface area contributed by atoms with Crippen molar-refractivity contribution in [1.29, 1.82) is 0 Å². The lowest BCUT2D eigenvalue weighted by Crippen LogP contribution is -2.66. The summed E-state index contributed by atoms with van der Waals surface area (Å²) in [6.45, 7) is 3.02. The van der Waals surface area contributed by atoms with Gasteiger partial charge in [-0.2, -0.15) is 0 Å². The Labute approximate surface area is 182 Å². The fraction of sp³-hybridized carbons (Fsp3) is 0.304. The number of unbranched alkanes of at least 4 members (excludes halogenated alkanes) is 1. The highest BCUT2D eigenvalue weighted by atomic mass is 32.1. The van der Waals surface area contributed by atoms with Crippen molar-refractivity contribution in [3.8, 4) is 0 Å². The third kappa shape index (κ3) is 4.19. The summed E-state index contributed by atoms with van der Waals surface area (Å²) in [5, 5.41) is 14.1. The van der Waals surface area contributed by atoms with E-state index in [9.17, 15) is 9.90 Å². The Morgan fingerprint density at radius 3 is 2.27 bits per heavy atom.